The molecular weight excluding hydrogens is 242 g/mol. The van der Waals surface area contributed by atoms with Gasteiger partial charge in [0.1, 0.15) is 0 Å². The summed E-state index contributed by atoms with van der Waals surface area (Å²) in [7, 11) is 0. The molecule has 0 unspecified atom stereocenters. The molecular formula is C15H23NO3. The molecule has 0 heterocycles. The van der Waals surface area contributed by atoms with E-state index >= 15 is 0 Å². The smallest absolute Gasteiger partial charge is 0.225 e. The largest absolute Gasteiger partial charge is 0.395 e. The fourth-order valence-corrected chi connectivity index (χ4v) is 1.78. The summed E-state index contributed by atoms with van der Waals surface area (Å²) in [6, 6.07) is 9.79. The first kappa shape index (κ1) is 15.7. The van der Waals surface area contributed by atoms with Crippen LogP contribution in [0.5, 0.6) is 0 Å². The van der Waals surface area contributed by atoms with Crippen molar-refractivity contribution in [2.75, 3.05) is 26.4 Å². The summed E-state index contributed by atoms with van der Waals surface area (Å²) in [5.74, 6) is 0.0222. The predicted molar refractivity (Wildman–Crippen MR) is 74.7 cm³/mol. The molecule has 1 amide bonds. The molecule has 0 aliphatic heterocycles. The fraction of sp³-hybridized carbons (Fsp3) is 0.533. The Labute approximate surface area is 115 Å². The Morgan fingerprint density at radius 1 is 1.26 bits per heavy atom. The zero-order chi connectivity index (χ0) is 13.9. The van der Waals surface area contributed by atoms with Gasteiger partial charge in [-0.3, -0.25) is 4.79 Å². The van der Waals surface area contributed by atoms with Gasteiger partial charge in [0.25, 0.3) is 0 Å². The van der Waals surface area contributed by atoms with Gasteiger partial charge in [0.15, 0.2) is 0 Å². The van der Waals surface area contributed by atoms with E-state index in [-0.39, 0.29) is 12.5 Å². The Hall–Kier alpha value is -1.39. The predicted octanol–water partition coefficient (Wildman–Crippen LogP) is 1.82. The second-order valence-electron chi connectivity index (χ2n) is 4.39. The summed E-state index contributed by atoms with van der Waals surface area (Å²) in [5.41, 5.74) is 1.07. The van der Waals surface area contributed by atoms with Gasteiger partial charge in [0, 0.05) is 19.7 Å². The SMILES string of the molecule is CCCOCCC(=O)N(CCO)Cc1ccccc1. The van der Waals surface area contributed by atoms with Gasteiger partial charge in [-0.1, -0.05) is 37.3 Å². The van der Waals surface area contributed by atoms with Crippen molar-refractivity contribution >= 4 is 5.91 Å². The molecule has 106 valence electrons. The van der Waals surface area contributed by atoms with Crippen LogP contribution in [-0.4, -0.2) is 42.3 Å². The minimum Gasteiger partial charge on any atom is -0.395 e. The van der Waals surface area contributed by atoms with Crippen LogP contribution in [0.2, 0.25) is 0 Å². The number of aliphatic hydroxyl groups is 1. The quantitative estimate of drug-likeness (QED) is 0.693. The monoisotopic (exact) mass is 265 g/mol. The van der Waals surface area contributed by atoms with Crippen molar-refractivity contribution in [1.29, 1.82) is 0 Å². The first-order chi connectivity index (χ1) is 9.27. The lowest BCUT2D eigenvalue weighted by atomic mass is 10.2. The van der Waals surface area contributed by atoms with Crippen LogP contribution in [0, 0.1) is 0 Å². The molecule has 1 aromatic rings. The third kappa shape index (κ3) is 6.36. The average Bonchev–Trinajstić information content (AvgIpc) is 2.44. The molecule has 1 aromatic carbocycles. The van der Waals surface area contributed by atoms with Crippen molar-refractivity contribution in [2.24, 2.45) is 0 Å². The van der Waals surface area contributed by atoms with Crippen molar-refractivity contribution in [3.63, 3.8) is 0 Å². The molecule has 0 fully saturated rings. The van der Waals surface area contributed by atoms with E-state index in [2.05, 4.69) is 0 Å². The number of rotatable bonds is 9. The van der Waals surface area contributed by atoms with Crippen LogP contribution in [-0.2, 0) is 16.1 Å². The zero-order valence-corrected chi connectivity index (χ0v) is 11.5. The Kier molecular flexibility index (Phi) is 7.86. The van der Waals surface area contributed by atoms with E-state index in [1.54, 1.807) is 4.90 Å². The normalized spacial score (nSPS) is 10.4. The number of ether oxygens (including phenoxy) is 1. The van der Waals surface area contributed by atoms with Gasteiger partial charge in [-0.15, -0.1) is 0 Å². The second kappa shape index (κ2) is 9.53. The third-order valence-electron chi connectivity index (χ3n) is 2.75. The van der Waals surface area contributed by atoms with Crippen LogP contribution in [0.15, 0.2) is 30.3 Å². The van der Waals surface area contributed by atoms with E-state index in [0.717, 1.165) is 12.0 Å². The van der Waals surface area contributed by atoms with Gasteiger partial charge in [-0.25, -0.2) is 0 Å². The molecule has 0 radical (unpaired) electrons. The Morgan fingerprint density at radius 2 is 2.00 bits per heavy atom. The lowest BCUT2D eigenvalue weighted by molar-refractivity contribution is -0.133. The molecule has 1 N–H and O–H groups in total. The Bertz CT molecular complexity index is 354. The second-order valence-corrected chi connectivity index (χ2v) is 4.39. The first-order valence-corrected chi connectivity index (χ1v) is 6.78. The highest BCUT2D eigenvalue weighted by atomic mass is 16.5. The maximum Gasteiger partial charge on any atom is 0.225 e. The standard InChI is InChI=1S/C15H23NO3/c1-2-11-19-12-8-15(18)16(9-10-17)13-14-6-4-3-5-7-14/h3-7,17H,2,8-13H2,1H3. The number of amides is 1. The minimum absolute atomic E-state index is 0.0195. The summed E-state index contributed by atoms with van der Waals surface area (Å²) >= 11 is 0. The molecule has 0 spiro atoms. The van der Waals surface area contributed by atoms with Crippen LogP contribution in [0.1, 0.15) is 25.3 Å². The molecule has 1 rings (SSSR count). The lowest BCUT2D eigenvalue weighted by Crippen LogP contribution is -2.33. The van der Waals surface area contributed by atoms with Gasteiger partial charge in [-0.2, -0.15) is 0 Å². The molecule has 0 aromatic heterocycles. The number of nitrogens with zero attached hydrogens (tertiary/aromatic N) is 1. The maximum absolute atomic E-state index is 12.0. The van der Waals surface area contributed by atoms with E-state index < -0.39 is 0 Å². The molecule has 0 bridgehead atoms. The van der Waals surface area contributed by atoms with Crippen molar-refractivity contribution in [1.82, 2.24) is 4.90 Å². The average molecular weight is 265 g/mol. The molecule has 19 heavy (non-hydrogen) atoms. The highest BCUT2D eigenvalue weighted by Gasteiger charge is 2.13. The molecule has 0 saturated heterocycles. The van der Waals surface area contributed by atoms with E-state index in [4.69, 9.17) is 9.84 Å². The fourth-order valence-electron chi connectivity index (χ4n) is 1.78. The van der Waals surface area contributed by atoms with Gasteiger partial charge >= 0.3 is 0 Å². The highest BCUT2D eigenvalue weighted by molar-refractivity contribution is 5.76. The number of hydrogen-bond donors (Lipinski definition) is 1. The summed E-state index contributed by atoms with van der Waals surface area (Å²) in [6.45, 7) is 4.05. The molecule has 0 aliphatic rings. The summed E-state index contributed by atoms with van der Waals surface area (Å²) in [4.78, 5) is 13.7. The summed E-state index contributed by atoms with van der Waals surface area (Å²) < 4.78 is 5.32. The molecule has 0 atom stereocenters. The number of benzene rings is 1. The number of carbonyl (C=O) groups excluding carboxylic acids is 1. The van der Waals surface area contributed by atoms with Crippen molar-refractivity contribution in [3.8, 4) is 0 Å². The minimum atomic E-state index is -0.0195. The third-order valence-corrected chi connectivity index (χ3v) is 2.75. The number of carbonyl (C=O) groups is 1. The van der Waals surface area contributed by atoms with Crippen LogP contribution in [0.25, 0.3) is 0 Å². The topological polar surface area (TPSA) is 49.8 Å². The zero-order valence-electron chi connectivity index (χ0n) is 11.5. The van der Waals surface area contributed by atoms with Gasteiger partial charge in [0.05, 0.1) is 19.6 Å². The number of hydrogen-bond acceptors (Lipinski definition) is 3. The van der Waals surface area contributed by atoms with E-state index in [1.807, 2.05) is 37.3 Å². The van der Waals surface area contributed by atoms with Crippen molar-refractivity contribution in [3.05, 3.63) is 35.9 Å². The van der Waals surface area contributed by atoms with Gasteiger partial charge in [0.2, 0.25) is 5.91 Å². The van der Waals surface area contributed by atoms with E-state index in [9.17, 15) is 4.79 Å². The summed E-state index contributed by atoms with van der Waals surface area (Å²) in [6.07, 6.45) is 1.32. The maximum atomic E-state index is 12.0. The van der Waals surface area contributed by atoms with E-state index in [1.165, 1.54) is 0 Å². The van der Waals surface area contributed by atoms with E-state index in [0.29, 0.717) is 32.7 Å². The summed E-state index contributed by atoms with van der Waals surface area (Å²) in [5, 5.41) is 9.05. The lowest BCUT2D eigenvalue weighted by Gasteiger charge is -2.22. The van der Waals surface area contributed by atoms with Gasteiger partial charge < -0.3 is 14.7 Å². The van der Waals surface area contributed by atoms with Crippen molar-refractivity contribution < 1.29 is 14.6 Å². The van der Waals surface area contributed by atoms with Crippen molar-refractivity contribution in [2.45, 2.75) is 26.3 Å². The van der Waals surface area contributed by atoms with Crippen LogP contribution >= 0.6 is 0 Å². The molecule has 0 aliphatic carbocycles. The highest BCUT2D eigenvalue weighted by Crippen LogP contribution is 2.06. The van der Waals surface area contributed by atoms with Gasteiger partial charge in [-0.05, 0) is 12.0 Å². The number of aliphatic hydroxyl groups excluding tert-OH is 1. The Morgan fingerprint density at radius 3 is 2.63 bits per heavy atom. The molecule has 0 saturated carbocycles. The molecule has 4 heteroatoms. The molecule has 4 nitrogen and oxygen atoms in total. The Balaban J connectivity index is 2.44. The van der Waals surface area contributed by atoms with Crippen LogP contribution < -0.4 is 0 Å². The van der Waals surface area contributed by atoms with Crippen LogP contribution in [0.4, 0.5) is 0 Å². The first-order valence-electron chi connectivity index (χ1n) is 6.78. The van der Waals surface area contributed by atoms with Crippen LogP contribution in [0.3, 0.4) is 0 Å².